The molecule has 2 aromatic carbocycles. The summed E-state index contributed by atoms with van der Waals surface area (Å²) in [6, 6.07) is 15.5. The predicted molar refractivity (Wildman–Crippen MR) is 160 cm³/mol. The number of pyridine rings is 1. The van der Waals surface area contributed by atoms with Crippen LogP contribution in [0.25, 0.3) is 16.6 Å². The third kappa shape index (κ3) is 5.08. The maximum Gasteiger partial charge on any atom is 0.324 e. The Bertz CT molecular complexity index is 1950. The number of nitrogens with one attached hydrogen (secondary N) is 2. The van der Waals surface area contributed by atoms with Gasteiger partial charge in [-0.25, -0.2) is 9.78 Å². The van der Waals surface area contributed by atoms with Crippen molar-refractivity contribution >= 4 is 46.0 Å². The van der Waals surface area contributed by atoms with Crippen LogP contribution in [0, 0.1) is 18.8 Å². The fraction of sp³-hybridized carbons (Fsp3) is 0.188. The zero-order chi connectivity index (χ0) is 29.4. The largest absolute Gasteiger partial charge is 0.350 e. The lowest BCUT2D eigenvalue weighted by molar-refractivity contribution is -0.127. The number of nitrogens with zero attached hydrogens (tertiary/aromatic N) is 4. The lowest BCUT2D eigenvalue weighted by atomic mass is 10.0. The van der Waals surface area contributed by atoms with Crippen molar-refractivity contribution in [3.05, 3.63) is 106 Å². The number of imidazole rings is 1. The molecule has 0 aliphatic carbocycles. The first-order valence-electron chi connectivity index (χ1n) is 13.5. The minimum Gasteiger partial charge on any atom is -0.350 e. The summed E-state index contributed by atoms with van der Waals surface area (Å²) >= 11 is 6.36. The number of amides is 4. The second-order valence-corrected chi connectivity index (χ2v) is 10.6. The summed E-state index contributed by atoms with van der Waals surface area (Å²) in [4.78, 5) is 44.1. The summed E-state index contributed by atoms with van der Waals surface area (Å²) in [6.07, 6.45) is 5.88. The molecule has 42 heavy (non-hydrogen) atoms. The topological polar surface area (TPSA) is 101 Å². The molecule has 210 valence electrons. The van der Waals surface area contributed by atoms with E-state index < -0.39 is 12.1 Å². The molecule has 0 bridgehead atoms. The number of carbonyl (C=O) groups excluding carboxylic acids is 3. The summed E-state index contributed by atoms with van der Waals surface area (Å²) in [6.45, 7) is 2.10. The van der Waals surface area contributed by atoms with Gasteiger partial charge in [0.25, 0.3) is 11.8 Å². The van der Waals surface area contributed by atoms with Crippen molar-refractivity contribution in [3.63, 3.8) is 0 Å². The molecule has 1 saturated heterocycles. The summed E-state index contributed by atoms with van der Waals surface area (Å²) in [5.74, 6) is 5.65. The number of aromatic nitrogens is 3. The van der Waals surface area contributed by atoms with Crippen LogP contribution in [-0.2, 0) is 18.3 Å². The third-order valence-corrected chi connectivity index (χ3v) is 7.73. The van der Waals surface area contributed by atoms with Crippen molar-refractivity contribution in [1.29, 1.82) is 0 Å². The predicted octanol–water partition coefficient (Wildman–Crippen LogP) is 4.08. The van der Waals surface area contributed by atoms with E-state index >= 15 is 0 Å². The number of halogens is 1. The van der Waals surface area contributed by atoms with Crippen LogP contribution in [0.5, 0.6) is 0 Å². The average Bonchev–Trinajstić information content (AvgIpc) is 3.62. The molecule has 1 unspecified atom stereocenters. The van der Waals surface area contributed by atoms with Crippen molar-refractivity contribution < 1.29 is 14.4 Å². The van der Waals surface area contributed by atoms with E-state index in [9.17, 15) is 14.4 Å². The van der Waals surface area contributed by atoms with Gasteiger partial charge in [0.05, 0.1) is 16.7 Å². The number of fused-ring (bicyclic) bond motifs is 2. The number of carbonyl (C=O) groups is 3. The van der Waals surface area contributed by atoms with E-state index in [1.165, 1.54) is 0 Å². The van der Waals surface area contributed by atoms with Gasteiger partial charge < -0.3 is 15.2 Å². The van der Waals surface area contributed by atoms with Crippen molar-refractivity contribution in [2.75, 3.05) is 13.1 Å². The van der Waals surface area contributed by atoms with Gasteiger partial charge in [0.15, 0.2) is 0 Å². The Morgan fingerprint density at radius 3 is 2.83 bits per heavy atom. The number of hydrogen-bond acceptors (Lipinski definition) is 4. The highest BCUT2D eigenvalue weighted by Crippen LogP contribution is 2.28. The molecular formula is C32H27ClN6O3. The smallest absolute Gasteiger partial charge is 0.324 e. The number of benzene rings is 2. The highest BCUT2D eigenvalue weighted by atomic mass is 35.5. The number of urea groups is 1. The van der Waals surface area contributed by atoms with E-state index in [0.717, 1.165) is 43.8 Å². The standard InChI is InChI=1S/C32H27ClN6O3/c1-20-9-10-22(16-21(20)11-12-24-18-35-28-8-3-4-14-38(24)28)30(40)34-13-15-39-31(41)27(36-32(39)42)17-23-19-37(2)29-25(23)6-5-7-26(29)33/h3-10,14,16,18-19,27H,13,15,17H2,1-2H3,(H,34,40)(H,36,42). The van der Waals surface area contributed by atoms with Gasteiger partial charge in [0, 0.05) is 55.5 Å². The normalized spacial score (nSPS) is 14.7. The fourth-order valence-corrected chi connectivity index (χ4v) is 5.56. The Morgan fingerprint density at radius 1 is 1.12 bits per heavy atom. The molecule has 3 aromatic heterocycles. The number of aryl methyl sites for hydroxylation is 2. The summed E-state index contributed by atoms with van der Waals surface area (Å²) in [5, 5.41) is 7.15. The van der Waals surface area contributed by atoms with Crippen LogP contribution in [0.4, 0.5) is 4.79 Å². The Hall–Kier alpha value is -5.07. The number of hydrogen-bond donors (Lipinski definition) is 2. The molecule has 1 aliphatic heterocycles. The number of rotatable bonds is 6. The van der Waals surface area contributed by atoms with Crippen molar-refractivity contribution in [2.24, 2.45) is 7.05 Å². The molecule has 1 fully saturated rings. The summed E-state index contributed by atoms with van der Waals surface area (Å²) in [5.41, 5.74) is 5.45. The molecule has 4 amide bonds. The molecule has 9 nitrogen and oxygen atoms in total. The van der Waals surface area contributed by atoms with Crippen LogP contribution in [0.3, 0.4) is 0 Å². The van der Waals surface area contributed by atoms with Crippen molar-refractivity contribution in [3.8, 4) is 11.8 Å². The van der Waals surface area contributed by atoms with Gasteiger partial charge in [-0.1, -0.05) is 41.8 Å². The van der Waals surface area contributed by atoms with E-state index in [4.69, 9.17) is 11.6 Å². The number of para-hydroxylation sites is 1. The second-order valence-electron chi connectivity index (χ2n) is 10.2. The van der Waals surface area contributed by atoms with Gasteiger partial charge in [-0.05, 0) is 54.3 Å². The van der Waals surface area contributed by atoms with Crippen molar-refractivity contribution in [1.82, 2.24) is 29.5 Å². The minimum atomic E-state index is -0.691. The Balaban J connectivity index is 1.08. The van der Waals surface area contributed by atoms with Gasteiger partial charge in [-0.15, -0.1) is 0 Å². The molecule has 6 rings (SSSR count). The van der Waals surface area contributed by atoms with Crippen LogP contribution in [0.2, 0.25) is 5.02 Å². The molecule has 0 radical (unpaired) electrons. The van der Waals surface area contributed by atoms with Gasteiger partial charge in [-0.3, -0.25) is 18.9 Å². The minimum absolute atomic E-state index is 0.0566. The quantitative estimate of drug-likeness (QED) is 0.234. The summed E-state index contributed by atoms with van der Waals surface area (Å²) < 4.78 is 3.82. The van der Waals surface area contributed by atoms with E-state index in [-0.39, 0.29) is 24.9 Å². The van der Waals surface area contributed by atoms with Crippen LogP contribution in [0.15, 0.2) is 73.2 Å². The fourth-order valence-electron chi connectivity index (χ4n) is 5.25. The highest BCUT2D eigenvalue weighted by Gasteiger charge is 2.38. The van der Waals surface area contributed by atoms with E-state index in [1.54, 1.807) is 18.3 Å². The monoisotopic (exact) mass is 578 g/mol. The lowest BCUT2D eigenvalue weighted by Gasteiger charge is -2.14. The zero-order valence-corrected chi connectivity index (χ0v) is 23.8. The molecule has 1 atom stereocenters. The molecule has 0 saturated carbocycles. The molecule has 4 heterocycles. The molecular weight excluding hydrogens is 552 g/mol. The average molecular weight is 579 g/mol. The van der Waals surface area contributed by atoms with Gasteiger partial charge >= 0.3 is 6.03 Å². The third-order valence-electron chi connectivity index (χ3n) is 7.43. The van der Waals surface area contributed by atoms with E-state index in [2.05, 4.69) is 27.5 Å². The van der Waals surface area contributed by atoms with Gasteiger partial charge in [0.2, 0.25) is 0 Å². The van der Waals surface area contributed by atoms with Crippen LogP contribution in [0.1, 0.15) is 32.7 Å². The Labute approximate surface area is 247 Å². The maximum atomic E-state index is 13.1. The number of imide groups is 1. The zero-order valence-electron chi connectivity index (χ0n) is 23.0. The van der Waals surface area contributed by atoms with E-state index in [0.29, 0.717) is 17.0 Å². The van der Waals surface area contributed by atoms with E-state index in [1.807, 2.05) is 77.8 Å². The Morgan fingerprint density at radius 2 is 1.98 bits per heavy atom. The summed E-state index contributed by atoms with van der Waals surface area (Å²) in [7, 11) is 1.90. The second kappa shape index (κ2) is 11.1. The van der Waals surface area contributed by atoms with Crippen molar-refractivity contribution in [2.45, 2.75) is 19.4 Å². The Kier molecular flexibility index (Phi) is 7.15. The maximum absolute atomic E-state index is 13.1. The van der Waals surface area contributed by atoms with Gasteiger partial charge in [0.1, 0.15) is 17.4 Å². The first-order chi connectivity index (χ1) is 20.3. The molecule has 2 N–H and O–H groups in total. The molecule has 5 aromatic rings. The SMILES string of the molecule is Cc1ccc(C(=O)NCCN2C(=O)NC(Cc3cn(C)c4c(Cl)cccc34)C2=O)cc1C#Cc1cnc2ccccn12. The van der Waals surface area contributed by atoms with Crippen LogP contribution < -0.4 is 10.6 Å². The first-order valence-corrected chi connectivity index (χ1v) is 13.8. The molecule has 1 aliphatic rings. The molecule has 0 spiro atoms. The highest BCUT2D eigenvalue weighted by molar-refractivity contribution is 6.35. The van der Waals surface area contributed by atoms with Crippen LogP contribution in [-0.4, -0.2) is 55.8 Å². The lowest BCUT2D eigenvalue weighted by Crippen LogP contribution is -2.39. The first kappa shape index (κ1) is 27.1. The van der Waals surface area contributed by atoms with Crippen LogP contribution >= 0.6 is 11.6 Å². The van der Waals surface area contributed by atoms with Gasteiger partial charge in [-0.2, -0.15) is 0 Å². The molecule has 10 heteroatoms.